The molecule has 1 aliphatic carbocycles. The number of aromatic nitrogens is 1. The van der Waals surface area contributed by atoms with Gasteiger partial charge >= 0.3 is 12.3 Å². The van der Waals surface area contributed by atoms with Gasteiger partial charge in [0.2, 0.25) is 0 Å². The van der Waals surface area contributed by atoms with E-state index >= 15 is 0 Å². The highest BCUT2D eigenvalue weighted by Crippen LogP contribution is 2.47. The van der Waals surface area contributed by atoms with Crippen molar-refractivity contribution in [2.45, 2.75) is 56.7 Å². The molecule has 1 N–H and O–H groups in total. The average molecular weight is 360 g/mol. The van der Waals surface area contributed by atoms with E-state index < -0.39 is 25.9 Å². The Bertz CT molecular complexity index is 557. The molecule has 1 aromatic rings. The lowest BCUT2D eigenvalue weighted by molar-refractivity contribution is -0.137. The van der Waals surface area contributed by atoms with E-state index in [-0.39, 0.29) is 12.3 Å². The van der Waals surface area contributed by atoms with E-state index in [4.69, 9.17) is 4.74 Å². The number of carbonyl (C=O) groups excluding carboxylic acids is 1. The maximum absolute atomic E-state index is 12.4. The molecule has 1 aliphatic rings. The van der Waals surface area contributed by atoms with E-state index in [0.717, 1.165) is 24.2 Å². The number of hydrogen-bond acceptors (Lipinski definition) is 3. The molecule has 0 bridgehead atoms. The molecule has 2 rings (SSSR count). The number of ether oxygens (including phenoxy) is 1. The minimum Gasteiger partial charge on any atom is -0.443 e. The molecule has 0 unspecified atom stereocenters. The van der Waals surface area contributed by atoms with E-state index in [2.05, 4.69) is 23.4 Å². The summed E-state index contributed by atoms with van der Waals surface area (Å²) in [6, 6.07) is 3.31. The van der Waals surface area contributed by atoms with E-state index in [1.54, 1.807) is 0 Å². The summed E-state index contributed by atoms with van der Waals surface area (Å²) in [5.41, 5.74) is 0.397. The first-order chi connectivity index (χ1) is 11.2. The number of halogens is 3. The Morgan fingerprint density at radius 1 is 1.38 bits per heavy atom. The van der Waals surface area contributed by atoms with Gasteiger partial charge in [0.15, 0.2) is 0 Å². The van der Waals surface area contributed by atoms with Crippen LogP contribution in [0.2, 0.25) is 24.7 Å². The van der Waals surface area contributed by atoms with Crippen molar-refractivity contribution < 1.29 is 22.7 Å². The van der Waals surface area contributed by atoms with Crippen LogP contribution in [0.4, 0.5) is 18.0 Å². The smallest absolute Gasteiger partial charge is 0.417 e. The molecule has 1 fully saturated rings. The second kappa shape index (κ2) is 7.54. The quantitative estimate of drug-likeness (QED) is 0.571. The summed E-state index contributed by atoms with van der Waals surface area (Å²) in [5.74, 6) is 0. The third-order valence-electron chi connectivity index (χ3n) is 4.45. The molecule has 0 radical (unpaired) electrons. The van der Waals surface area contributed by atoms with Crippen LogP contribution in [0, 0.1) is 0 Å². The number of hydrogen-bond donors (Lipinski definition) is 1. The van der Waals surface area contributed by atoms with Gasteiger partial charge in [-0.1, -0.05) is 32.0 Å². The Labute approximate surface area is 140 Å². The summed E-state index contributed by atoms with van der Waals surface area (Å²) in [5, 5.41) is 2.67. The van der Waals surface area contributed by atoms with Crippen molar-refractivity contribution in [3.63, 3.8) is 0 Å². The van der Waals surface area contributed by atoms with Crippen LogP contribution in [0.3, 0.4) is 0 Å². The Morgan fingerprint density at radius 2 is 2.08 bits per heavy atom. The van der Waals surface area contributed by atoms with Crippen molar-refractivity contribution >= 4 is 14.2 Å². The Hall–Kier alpha value is -1.57. The first kappa shape index (κ1) is 18.8. The van der Waals surface area contributed by atoms with Crippen molar-refractivity contribution in [2.75, 3.05) is 6.54 Å². The lowest BCUT2D eigenvalue weighted by atomic mass is 10.2. The Balaban J connectivity index is 1.64. The van der Waals surface area contributed by atoms with Gasteiger partial charge in [-0.2, -0.15) is 13.2 Å². The van der Waals surface area contributed by atoms with E-state index in [9.17, 15) is 18.0 Å². The average Bonchev–Trinajstić information content (AvgIpc) is 3.34. The highest BCUT2D eigenvalue weighted by Gasteiger charge is 2.38. The first-order valence-electron chi connectivity index (χ1n) is 8.11. The van der Waals surface area contributed by atoms with Gasteiger partial charge in [0, 0.05) is 12.7 Å². The van der Waals surface area contributed by atoms with Gasteiger partial charge in [0.25, 0.3) is 0 Å². The van der Waals surface area contributed by atoms with Crippen molar-refractivity contribution in [1.82, 2.24) is 10.3 Å². The minimum absolute atomic E-state index is 0.147. The lowest BCUT2D eigenvalue weighted by Crippen LogP contribution is -2.30. The molecule has 134 valence electrons. The number of nitrogens with one attached hydrogen (secondary N) is 1. The summed E-state index contributed by atoms with van der Waals surface area (Å²) < 4.78 is 42.2. The zero-order chi connectivity index (χ0) is 17.8. The summed E-state index contributed by atoms with van der Waals surface area (Å²) in [7, 11) is -1.13. The van der Waals surface area contributed by atoms with Crippen LogP contribution in [0.5, 0.6) is 0 Å². The molecule has 0 aromatic carbocycles. The number of alkyl halides is 3. The van der Waals surface area contributed by atoms with Crippen LogP contribution >= 0.6 is 0 Å². The fourth-order valence-corrected chi connectivity index (χ4v) is 5.90. The number of rotatable bonds is 7. The van der Waals surface area contributed by atoms with Crippen LogP contribution in [0.1, 0.15) is 30.5 Å². The second-order valence-corrected chi connectivity index (χ2v) is 12.2. The Morgan fingerprint density at radius 3 is 2.62 bits per heavy atom. The molecule has 24 heavy (non-hydrogen) atoms. The fraction of sp³-hybridized carbons (Fsp3) is 0.625. The summed E-state index contributed by atoms with van der Waals surface area (Å²) in [4.78, 5) is 15.2. The molecular formula is C16H23F3N2O2Si. The zero-order valence-electron chi connectivity index (χ0n) is 13.9. The van der Waals surface area contributed by atoms with Crippen LogP contribution in [-0.2, 0) is 17.5 Å². The molecular weight excluding hydrogens is 337 g/mol. The SMILES string of the molecule is C[Si](C)(CCCNC(=O)OCc1ccc(C(F)(F)F)cn1)C1CC1. The summed E-state index contributed by atoms with van der Waals surface area (Å²) in [6.07, 6.45) is -0.599. The van der Waals surface area contributed by atoms with E-state index in [0.29, 0.717) is 6.54 Å². The number of amides is 1. The van der Waals surface area contributed by atoms with Gasteiger partial charge in [-0.15, -0.1) is 0 Å². The molecule has 1 amide bonds. The van der Waals surface area contributed by atoms with Crippen LogP contribution in [-0.4, -0.2) is 25.7 Å². The second-order valence-electron chi connectivity index (χ2n) is 6.91. The molecule has 1 heterocycles. The van der Waals surface area contributed by atoms with E-state index in [1.807, 2.05) is 0 Å². The molecule has 0 saturated heterocycles. The largest absolute Gasteiger partial charge is 0.443 e. The maximum Gasteiger partial charge on any atom is 0.417 e. The van der Waals surface area contributed by atoms with Crippen molar-refractivity contribution in [3.05, 3.63) is 29.6 Å². The first-order valence-corrected chi connectivity index (χ1v) is 11.4. The number of nitrogens with zero attached hydrogens (tertiary/aromatic N) is 1. The normalized spacial score (nSPS) is 15.2. The van der Waals surface area contributed by atoms with Crippen LogP contribution in [0.15, 0.2) is 18.3 Å². The maximum atomic E-state index is 12.4. The van der Waals surface area contributed by atoms with Gasteiger partial charge in [0.1, 0.15) is 6.61 Å². The van der Waals surface area contributed by atoms with Gasteiger partial charge < -0.3 is 10.1 Å². The van der Waals surface area contributed by atoms with Gasteiger partial charge in [-0.05, 0) is 24.1 Å². The van der Waals surface area contributed by atoms with Crippen molar-refractivity contribution in [3.8, 4) is 0 Å². The van der Waals surface area contributed by atoms with Crippen LogP contribution in [0.25, 0.3) is 0 Å². The molecule has 1 saturated carbocycles. The van der Waals surface area contributed by atoms with Crippen molar-refractivity contribution in [2.24, 2.45) is 0 Å². The molecule has 4 nitrogen and oxygen atoms in total. The highest BCUT2D eigenvalue weighted by molar-refractivity contribution is 6.79. The van der Waals surface area contributed by atoms with E-state index in [1.165, 1.54) is 25.0 Å². The van der Waals surface area contributed by atoms with Gasteiger partial charge in [-0.25, -0.2) is 4.79 Å². The number of pyridine rings is 1. The summed E-state index contributed by atoms with van der Waals surface area (Å²) >= 11 is 0. The number of alkyl carbamates (subject to hydrolysis) is 1. The van der Waals surface area contributed by atoms with Crippen molar-refractivity contribution in [1.29, 1.82) is 0 Å². The standard InChI is InChI=1S/C16H23F3N2O2Si/c1-24(2,14-6-7-14)9-3-8-20-15(22)23-11-13-5-4-12(10-21-13)16(17,18)19/h4-5,10,14H,3,6-9,11H2,1-2H3,(H,20,22). The third kappa shape index (κ3) is 5.81. The predicted molar refractivity (Wildman–Crippen MR) is 87.3 cm³/mol. The highest BCUT2D eigenvalue weighted by atomic mass is 28.3. The zero-order valence-corrected chi connectivity index (χ0v) is 14.9. The minimum atomic E-state index is -4.42. The Kier molecular flexibility index (Phi) is 5.90. The molecule has 0 atom stereocenters. The van der Waals surface area contributed by atoms with Gasteiger partial charge in [-0.3, -0.25) is 4.98 Å². The molecule has 0 aliphatic heterocycles. The number of carbonyl (C=O) groups is 1. The summed E-state index contributed by atoms with van der Waals surface area (Å²) in [6.45, 7) is 5.19. The van der Waals surface area contributed by atoms with Gasteiger partial charge in [0.05, 0.1) is 19.3 Å². The van der Waals surface area contributed by atoms with Crippen LogP contribution < -0.4 is 5.32 Å². The molecule has 8 heteroatoms. The monoisotopic (exact) mass is 360 g/mol. The molecule has 1 aromatic heterocycles. The predicted octanol–water partition coefficient (Wildman–Crippen LogP) is 4.59. The fourth-order valence-electron chi connectivity index (χ4n) is 2.67. The molecule has 0 spiro atoms. The third-order valence-corrected chi connectivity index (χ3v) is 8.88. The topological polar surface area (TPSA) is 51.2 Å². The lowest BCUT2D eigenvalue weighted by Gasteiger charge is -2.21.